The number of pyridine rings is 1. The van der Waals surface area contributed by atoms with E-state index in [1.54, 1.807) is 26.2 Å². The summed E-state index contributed by atoms with van der Waals surface area (Å²) < 4.78 is 11.1. The predicted octanol–water partition coefficient (Wildman–Crippen LogP) is 4.53. The number of rotatable bonds is 8. The van der Waals surface area contributed by atoms with Gasteiger partial charge in [-0.25, -0.2) is 14.6 Å². The summed E-state index contributed by atoms with van der Waals surface area (Å²) in [4.78, 5) is 36.1. The van der Waals surface area contributed by atoms with E-state index >= 15 is 0 Å². The minimum atomic E-state index is -1.39. The number of thiazole rings is 1. The smallest absolute Gasteiger partial charge is 0.336 e. The van der Waals surface area contributed by atoms with Crippen molar-refractivity contribution < 1.29 is 19.1 Å². The highest BCUT2D eigenvalue weighted by molar-refractivity contribution is 7.14. The minimum absolute atomic E-state index is 0.187. The monoisotopic (exact) mass is 506 g/mol. The molecule has 3 heterocycles. The van der Waals surface area contributed by atoms with Crippen molar-refractivity contribution in [1.29, 1.82) is 0 Å². The Morgan fingerprint density at radius 3 is 2.53 bits per heavy atom. The number of allylic oxidation sites excluding steroid dienone is 1. The summed E-state index contributed by atoms with van der Waals surface area (Å²) in [6.07, 6.45) is 3.44. The molecule has 2 N–H and O–H groups in total. The molecule has 2 aromatic heterocycles. The van der Waals surface area contributed by atoms with E-state index in [2.05, 4.69) is 15.6 Å². The highest BCUT2D eigenvalue weighted by atomic mass is 32.1. The van der Waals surface area contributed by atoms with E-state index in [4.69, 9.17) is 14.5 Å². The normalized spacial score (nSPS) is 21.4. The molecule has 0 fully saturated rings. The Kier molecular flexibility index (Phi) is 7.69. The second-order valence-corrected chi connectivity index (χ2v) is 9.32. The van der Waals surface area contributed by atoms with Gasteiger partial charge in [0.15, 0.2) is 10.7 Å². The Morgan fingerprint density at radius 2 is 1.86 bits per heavy atom. The van der Waals surface area contributed by atoms with Crippen LogP contribution in [0, 0.1) is 0 Å². The van der Waals surface area contributed by atoms with Gasteiger partial charge >= 0.3 is 11.9 Å². The number of hydrogen-bond acceptors (Lipinski definition) is 9. The lowest BCUT2D eigenvalue weighted by molar-refractivity contribution is -0.151. The molecule has 1 aliphatic rings. The molecule has 3 aromatic rings. The maximum atomic E-state index is 13.9. The van der Waals surface area contributed by atoms with Gasteiger partial charge < -0.3 is 20.1 Å². The number of aromatic nitrogens is 2. The third-order valence-corrected chi connectivity index (χ3v) is 7.04. The number of benzene rings is 1. The molecule has 188 valence electrons. The van der Waals surface area contributed by atoms with Crippen LogP contribution in [0.2, 0.25) is 0 Å². The first-order valence-electron chi connectivity index (χ1n) is 11.9. The number of esters is 2. The molecule has 1 aromatic carbocycles. The van der Waals surface area contributed by atoms with Crippen LogP contribution < -0.4 is 10.6 Å². The summed E-state index contributed by atoms with van der Waals surface area (Å²) in [5.41, 5.74) is 2.04. The van der Waals surface area contributed by atoms with E-state index in [0.717, 1.165) is 16.8 Å². The number of carbonyl (C=O) groups excluding carboxylic acids is 2. The van der Waals surface area contributed by atoms with Crippen molar-refractivity contribution in [2.45, 2.75) is 45.2 Å². The lowest BCUT2D eigenvalue weighted by Gasteiger charge is -2.48. The zero-order chi connectivity index (χ0) is 25.7. The van der Waals surface area contributed by atoms with Gasteiger partial charge in [0.2, 0.25) is 0 Å². The molecule has 9 heteroatoms. The van der Waals surface area contributed by atoms with Gasteiger partial charge in [-0.05, 0) is 45.4 Å². The van der Waals surface area contributed by atoms with E-state index in [-0.39, 0.29) is 13.2 Å². The van der Waals surface area contributed by atoms with E-state index in [1.807, 2.05) is 61.7 Å². The molecular formula is C27H30N4O4S. The largest absolute Gasteiger partial charge is 0.464 e. The summed E-state index contributed by atoms with van der Waals surface area (Å²) in [6.45, 7) is 7.66. The molecule has 0 aliphatic carbocycles. The molecule has 1 aliphatic heterocycles. The van der Waals surface area contributed by atoms with Crippen molar-refractivity contribution in [1.82, 2.24) is 15.3 Å². The van der Waals surface area contributed by atoms with E-state index in [1.165, 1.54) is 11.3 Å². The van der Waals surface area contributed by atoms with Crippen LogP contribution in [-0.2, 0) is 19.1 Å². The third-order valence-electron chi connectivity index (χ3n) is 6.28. The average Bonchev–Trinajstić information content (AvgIpc) is 3.35. The van der Waals surface area contributed by atoms with Crippen LogP contribution in [-0.4, -0.2) is 46.7 Å². The first-order chi connectivity index (χ1) is 17.4. The summed E-state index contributed by atoms with van der Waals surface area (Å²) in [5.74, 6) is -1.65. The number of nitrogens with zero attached hydrogens (tertiary/aromatic N) is 2. The zero-order valence-corrected chi connectivity index (χ0v) is 21.6. The fourth-order valence-corrected chi connectivity index (χ4v) is 5.49. The van der Waals surface area contributed by atoms with Gasteiger partial charge in [0.05, 0.1) is 36.4 Å². The highest BCUT2D eigenvalue weighted by Gasteiger charge is 2.58. The van der Waals surface area contributed by atoms with Crippen molar-refractivity contribution in [3.05, 3.63) is 77.1 Å². The number of anilines is 1. The lowest BCUT2D eigenvalue weighted by atomic mass is 9.68. The van der Waals surface area contributed by atoms with Crippen molar-refractivity contribution in [2.24, 2.45) is 0 Å². The van der Waals surface area contributed by atoms with Gasteiger partial charge in [-0.3, -0.25) is 4.98 Å². The second-order valence-electron chi connectivity index (χ2n) is 8.46. The minimum Gasteiger partial charge on any atom is -0.464 e. The molecule has 36 heavy (non-hydrogen) atoms. The van der Waals surface area contributed by atoms with Crippen LogP contribution in [0.1, 0.15) is 39.2 Å². The molecule has 3 atom stereocenters. The maximum Gasteiger partial charge on any atom is 0.336 e. The summed E-state index contributed by atoms with van der Waals surface area (Å²) in [7, 11) is 0. The Labute approximate surface area is 214 Å². The van der Waals surface area contributed by atoms with Crippen molar-refractivity contribution >= 4 is 28.4 Å². The van der Waals surface area contributed by atoms with E-state index in [0.29, 0.717) is 16.4 Å². The summed E-state index contributed by atoms with van der Waals surface area (Å²) in [5, 5.41) is 9.20. The van der Waals surface area contributed by atoms with Crippen LogP contribution in [0.15, 0.2) is 71.5 Å². The van der Waals surface area contributed by atoms with Crippen LogP contribution >= 0.6 is 11.3 Å². The third kappa shape index (κ3) is 4.70. The fourth-order valence-electron chi connectivity index (χ4n) is 4.70. The molecule has 0 saturated heterocycles. The lowest BCUT2D eigenvalue weighted by Crippen LogP contribution is -2.66. The topological polar surface area (TPSA) is 102 Å². The van der Waals surface area contributed by atoms with Gasteiger partial charge in [0.25, 0.3) is 0 Å². The van der Waals surface area contributed by atoms with Gasteiger partial charge in [0.1, 0.15) is 0 Å². The van der Waals surface area contributed by atoms with Crippen LogP contribution in [0.25, 0.3) is 11.3 Å². The maximum absolute atomic E-state index is 13.9. The van der Waals surface area contributed by atoms with Crippen molar-refractivity contribution in [3.8, 4) is 11.3 Å². The van der Waals surface area contributed by atoms with Crippen LogP contribution in [0.4, 0.5) is 5.13 Å². The van der Waals surface area contributed by atoms with Crippen LogP contribution in [0.3, 0.4) is 0 Å². The molecule has 3 unspecified atom stereocenters. The van der Waals surface area contributed by atoms with Gasteiger partial charge in [-0.2, -0.15) is 0 Å². The zero-order valence-electron chi connectivity index (χ0n) is 20.8. The Hall–Kier alpha value is -3.72. The molecule has 4 rings (SSSR count). The number of nitrogens with one attached hydrogen (secondary N) is 2. The molecule has 0 saturated carbocycles. The van der Waals surface area contributed by atoms with Gasteiger partial charge in [0, 0.05) is 29.0 Å². The fraction of sp³-hybridized carbons (Fsp3) is 0.333. The Balaban J connectivity index is 1.89. The SMILES string of the molecule is CCOC(=O)C1=C(C)NC(C)C(Nc2nc(-c3cccnc3)cs2)(C(=O)OCC)C1c1ccccc1. The molecule has 0 amide bonds. The number of ether oxygens (including phenoxy) is 2. The number of hydrogen-bond donors (Lipinski definition) is 2. The Morgan fingerprint density at radius 1 is 1.11 bits per heavy atom. The molecule has 0 radical (unpaired) electrons. The van der Waals surface area contributed by atoms with Gasteiger partial charge in [-0.15, -0.1) is 11.3 Å². The highest BCUT2D eigenvalue weighted by Crippen LogP contribution is 2.45. The first-order valence-corrected chi connectivity index (χ1v) is 12.8. The Bertz CT molecular complexity index is 1240. The second kappa shape index (κ2) is 10.9. The molecule has 0 bridgehead atoms. The quantitative estimate of drug-likeness (QED) is 0.430. The molecule has 8 nitrogen and oxygen atoms in total. The first kappa shape index (κ1) is 25.4. The van der Waals surface area contributed by atoms with E-state index < -0.39 is 29.4 Å². The van der Waals surface area contributed by atoms with Crippen molar-refractivity contribution in [3.63, 3.8) is 0 Å². The summed E-state index contributed by atoms with van der Waals surface area (Å²) >= 11 is 1.37. The predicted molar refractivity (Wildman–Crippen MR) is 139 cm³/mol. The standard InChI is InChI=1S/C27H30N4O4S/c1-5-34-24(32)22-17(3)29-18(4)27(25(33)35-6-2,23(22)19-11-8-7-9-12-19)31-26-30-21(16-36-26)20-13-10-14-28-15-20/h7-16,18,23,29H,5-6H2,1-4H3,(H,30,31). The summed E-state index contributed by atoms with van der Waals surface area (Å²) in [6, 6.07) is 12.8. The number of carbonyl (C=O) groups is 2. The molecular weight excluding hydrogens is 476 g/mol. The molecule has 0 spiro atoms. The average molecular weight is 507 g/mol. The van der Waals surface area contributed by atoms with Crippen LogP contribution in [0.5, 0.6) is 0 Å². The van der Waals surface area contributed by atoms with Crippen molar-refractivity contribution in [2.75, 3.05) is 18.5 Å². The van der Waals surface area contributed by atoms with E-state index in [9.17, 15) is 9.59 Å². The van der Waals surface area contributed by atoms with Gasteiger partial charge in [-0.1, -0.05) is 30.3 Å².